The number of amides is 1. The van der Waals surface area contributed by atoms with Crippen LogP contribution in [0.25, 0.3) is 0 Å². The van der Waals surface area contributed by atoms with Gasteiger partial charge in [-0.05, 0) is 37.5 Å². The Bertz CT molecular complexity index is 489. The summed E-state index contributed by atoms with van der Waals surface area (Å²) < 4.78 is 4.95. The van der Waals surface area contributed by atoms with Crippen molar-refractivity contribution in [1.29, 1.82) is 0 Å². The van der Waals surface area contributed by atoms with Crippen LogP contribution in [-0.4, -0.2) is 18.0 Å². The number of nitrogens with one attached hydrogen (secondary N) is 1. The molecule has 1 aromatic rings. The highest BCUT2D eigenvalue weighted by Crippen LogP contribution is 2.17. The molecular weight excluding hydrogens is 254 g/mol. The SMILES string of the molecule is C/C=C/C(=O)OC(C)C(=O)Nc1ccc(C(C)C)cc1. The number of rotatable bonds is 5. The number of anilines is 1. The van der Waals surface area contributed by atoms with E-state index in [4.69, 9.17) is 4.74 Å². The fourth-order valence-corrected chi connectivity index (χ4v) is 1.60. The lowest BCUT2D eigenvalue weighted by Gasteiger charge is -2.13. The van der Waals surface area contributed by atoms with Gasteiger partial charge in [-0.15, -0.1) is 0 Å². The largest absolute Gasteiger partial charge is 0.449 e. The summed E-state index contributed by atoms with van der Waals surface area (Å²) in [5.41, 5.74) is 1.89. The van der Waals surface area contributed by atoms with Gasteiger partial charge >= 0.3 is 5.97 Å². The Morgan fingerprint density at radius 2 is 1.75 bits per heavy atom. The van der Waals surface area contributed by atoms with E-state index >= 15 is 0 Å². The minimum absolute atomic E-state index is 0.347. The zero-order chi connectivity index (χ0) is 15.1. The molecule has 0 saturated heterocycles. The van der Waals surface area contributed by atoms with E-state index in [1.807, 2.05) is 24.3 Å². The van der Waals surface area contributed by atoms with Crippen LogP contribution in [0.3, 0.4) is 0 Å². The lowest BCUT2D eigenvalue weighted by molar-refractivity contribution is -0.148. The molecule has 1 N–H and O–H groups in total. The maximum absolute atomic E-state index is 11.9. The lowest BCUT2D eigenvalue weighted by Crippen LogP contribution is -2.29. The van der Waals surface area contributed by atoms with Gasteiger partial charge in [-0.2, -0.15) is 0 Å². The van der Waals surface area contributed by atoms with Gasteiger partial charge in [-0.25, -0.2) is 4.79 Å². The fraction of sp³-hybridized carbons (Fsp3) is 0.375. The van der Waals surface area contributed by atoms with Crippen LogP contribution in [0.1, 0.15) is 39.2 Å². The minimum Gasteiger partial charge on any atom is -0.449 e. The molecule has 1 unspecified atom stereocenters. The van der Waals surface area contributed by atoms with Gasteiger partial charge in [-0.1, -0.05) is 32.1 Å². The smallest absolute Gasteiger partial charge is 0.331 e. The van der Waals surface area contributed by atoms with Gasteiger partial charge in [-0.3, -0.25) is 4.79 Å². The Morgan fingerprint density at radius 1 is 1.15 bits per heavy atom. The summed E-state index contributed by atoms with van der Waals surface area (Å²) >= 11 is 0. The van der Waals surface area contributed by atoms with E-state index in [0.717, 1.165) is 0 Å². The Balaban J connectivity index is 2.59. The zero-order valence-electron chi connectivity index (χ0n) is 12.3. The second kappa shape index (κ2) is 7.48. The molecule has 0 fully saturated rings. The van der Waals surface area contributed by atoms with Gasteiger partial charge < -0.3 is 10.1 Å². The number of allylic oxidation sites excluding steroid dienone is 1. The van der Waals surface area contributed by atoms with Crippen molar-refractivity contribution >= 4 is 17.6 Å². The Hall–Kier alpha value is -2.10. The molecule has 0 spiro atoms. The van der Waals surface area contributed by atoms with Gasteiger partial charge in [0.25, 0.3) is 5.91 Å². The highest BCUT2D eigenvalue weighted by molar-refractivity contribution is 5.95. The molecule has 0 aromatic heterocycles. The average molecular weight is 275 g/mol. The molecule has 1 amide bonds. The standard InChI is InChI=1S/C16H21NO3/c1-5-6-15(18)20-12(4)16(19)17-14-9-7-13(8-10-14)11(2)3/h5-12H,1-4H3,(H,17,19)/b6-5+. The van der Waals surface area contributed by atoms with Crippen LogP contribution < -0.4 is 5.32 Å². The second-order valence-electron chi connectivity index (χ2n) is 4.85. The molecule has 1 atom stereocenters. The highest BCUT2D eigenvalue weighted by Gasteiger charge is 2.16. The number of hydrogen-bond donors (Lipinski definition) is 1. The molecule has 108 valence electrons. The van der Waals surface area contributed by atoms with E-state index in [-0.39, 0.29) is 5.91 Å². The molecule has 0 aliphatic carbocycles. The molecule has 4 heteroatoms. The third-order valence-electron chi connectivity index (χ3n) is 2.81. The molecule has 4 nitrogen and oxygen atoms in total. The predicted octanol–water partition coefficient (Wildman–Crippen LogP) is 3.26. The monoisotopic (exact) mass is 275 g/mol. The van der Waals surface area contributed by atoms with Crippen molar-refractivity contribution in [1.82, 2.24) is 0 Å². The number of hydrogen-bond acceptors (Lipinski definition) is 3. The minimum atomic E-state index is -0.830. The molecular formula is C16H21NO3. The molecule has 0 heterocycles. The fourth-order valence-electron chi connectivity index (χ4n) is 1.60. The summed E-state index contributed by atoms with van der Waals surface area (Å²) in [6.45, 7) is 7.47. The maximum Gasteiger partial charge on any atom is 0.331 e. The quantitative estimate of drug-likeness (QED) is 0.663. The first-order valence-corrected chi connectivity index (χ1v) is 6.68. The zero-order valence-corrected chi connectivity index (χ0v) is 12.3. The van der Waals surface area contributed by atoms with Crippen LogP contribution in [-0.2, 0) is 14.3 Å². The molecule has 1 rings (SSSR count). The van der Waals surface area contributed by atoms with Crippen molar-refractivity contribution in [3.63, 3.8) is 0 Å². The van der Waals surface area contributed by atoms with Gasteiger partial charge in [0.15, 0.2) is 6.10 Å². The molecule has 0 radical (unpaired) electrons. The summed E-state index contributed by atoms with van der Waals surface area (Å²) in [5.74, 6) is -0.425. The van der Waals surface area contributed by atoms with E-state index in [2.05, 4.69) is 19.2 Å². The van der Waals surface area contributed by atoms with Gasteiger partial charge in [0.2, 0.25) is 0 Å². The normalized spacial score (nSPS) is 12.4. The van der Waals surface area contributed by atoms with Crippen molar-refractivity contribution in [2.45, 2.75) is 39.7 Å². The summed E-state index contributed by atoms with van der Waals surface area (Å²) in [5, 5.41) is 2.72. The first-order chi connectivity index (χ1) is 9.43. The number of carbonyl (C=O) groups is 2. The van der Waals surface area contributed by atoms with Crippen LogP contribution in [0, 0.1) is 0 Å². The lowest BCUT2D eigenvalue weighted by atomic mass is 10.0. The van der Waals surface area contributed by atoms with Crippen LogP contribution in [0.4, 0.5) is 5.69 Å². The van der Waals surface area contributed by atoms with Crippen LogP contribution in [0.15, 0.2) is 36.4 Å². The second-order valence-corrected chi connectivity index (χ2v) is 4.85. The van der Waals surface area contributed by atoms with E-state index in [9.17, 15) is 9.59 Å². The predicted molar refractivity (Wildman–Crippen MR) is 79.5 cm³/mol. The summed E-state index contributed by atoms with van der Waals surface area (Å²) in [6, 6.07) is 7.62. The first-order valence-electron chi connectivity index (χ1n) is 6.68. The van der Waals surface area contributed by atoms with Crippen LogP contribution in [0.2, 0.25) is 0 Å². The Morgan fingerprint density at radius 3 is 2.25 bits per heavy atom. The average Bonchev–Trinajstić information content (AvgIpc) is 2.39. The van der Waals surface area contributed by atoms with Gasteiger partial charge in [0.05, 0.1) is 0 Å². The number of ether oxygens (including phenoxy) is 1. The van der Waals surface area contributed by atoms with E-state index in [0.29, 0.717) is 11.6 Å². The molecule has 0 saturated carbocycles. The van der Waals surface area contributed by atoms with Crippen molar-refractivity contribution in [3.05, 3.63) is 42.0 Å². The van der Waals surface area contributed by atoms with Crippen molar-refractivity contribution in [3.8, 4) is 0 Å². The van der Waals surface area contributed by atoms with Crippen molar-refractivity contribution in [2.24, 2.45) is 0 Å². The summed E-state index contributed by atoms with van der Waals surface area (Å²) in [7, 11) is 0. The Labute approximate surface area is 119 Å². The number of carbonyl (C=O) groups excluding carboxylic acids is 2. The molecule has 20 heavy (non-hydrogen) atoms. The summed E-state index contributed by atoms with van der Waals surface area (Å²) in [4.78, 5) is 23.1. The first kappa shape index (κ1) is 16.0. The topological polar surface area (TPSA) is 55.4 Å². The van der Waals surface area contributed by atoms with Gasteiger partial charge in [0.1, 0.15) is 0 Å². The maximum atomic E-state index is 11.9. The number of benzene rings is 1. The van der Waals surface area contributed by atoms with Crippen molar-refractivity contribution < 1.29 is 14.3 Å². The molecule has 0 aliphatic rings. The van der Waals surface area contributed by atoms with Gasteiger partial charge in [0, 0.05) is 11.8 Å². The third-order valence-corrected chi connectivity index (χ3v) is 2.81. The van der Waals surface area contributed by atoms with Crippen LogP contribution in [0.5, 0.6) is 0 Å². The Kier molecular flexibility index (Phi) is 5.97. The number of esters is 1. The summed E-state index contributed by atoms with van der Waals surface area (Å²) in [6.07, 6.45) is 2.02. The van der Waals surface area contributed by atoms with E-state index in [1.54, 1.807) is 19.9 Å². The van der Waals surface area contributed by atoms with E-state index < -0.39 is 12.1 Å². The molecule has 0 aliphatic heterocycles. The molecule has 1 aromatic carbocycles. The third kappa shape index (κ3) is 4.88. The van der Waals surface area contributed by atoms with Crippen LogP contribution >= 0.6 is 0 Å². The highest BCUT2D eigenvalue weighted by atomic mass is 16.5. The van der Waals surface area contributed by atoms with Crippen molar-refractivity contribution in [2.75, 3.05) is 5.32 Å². The molecule has 0 bridgehead atoms. The van der Waals surface area contributed by atoms with E-state index in [1.165, 1.54) is 11.6 Å².